The van der Waals surface area contributed by atoms with Crippen molar-refractivity contribution in [1.82, 2.24) is 14.7 Å². The molecule has 1 fully saturated rings. The Morgan fingerprint density at radius 3 is 2.47 bits per heavy atom. The average molecular weight is 535 g/mol. The van der Waals surface area contributed by atoms with Crippen LogP contribution in [0.2, 0.25) is 0 Å². The van der Waals surface area contributed by atoms with E-state index in [1.165, 1.54) is 13.8 Å². The molecule has 1 aromatic carbocycles. The quantitative estimate of drug-likeness (QED) is 0.473. The number of rotatable bonds is 5. The van der Waals surface area contributed by atoms with E-state index < -0.39 is 11.9 Å². The first-order valence-electron chi connectivity index (χ1n) is 9.25. The minimum absolute atomic E-state index is 0.0403. The number of amides is 2. The summed E-state index contributed by atoms with van der Waals surface area (Å²) in [6.45, 7) is 4.73. The van der Waals surface area contributed by atoms with Crippen LogP contribution in [0.1, 0.15) is 17.0 Å². The highest BCUT2D eigenvalue weighted by Crippen LogP contribution is 2.32. The maximum Gasteiger partial charge on any atom is 0.435 e. The molecule has 2 heterocycles. The summed E-state index contributed by atoms with van der Waals surface area (Å²) in [4.78, 5) is 27.1. The lowest BCUT2D eigenvalue weighted by Crippen LogP contribution is -2.49. The smallest absolute Gasteiger partial charge is 0.368 e. The minimum Gasteiger partial charge on any atom is -0.368 e. The zero-order chi connectivity index (χ0) is 22.1. The molecule has 30 heavy (non-hydrogen) atoms. The van der Waals surface area contributed by atoms with Crippen LogP contribution in [-0.2, 0) is 22.3 Å². The molecular weight excluding hydrogens is 514 g/mol. The Bertz CT molecular complexity index is 952. The predicted octanol–water partition coefficient (Wildman–Crippen LogP) is 3.04. The summed E-state index contributed by atoms with van der Waals surface area (Å²) in [5.74, 6) is -0.264. The zero-order valence-corrected chi connectivity index (χ0v) is 18.6. The van der Waals surface area contributed by atoms with Gasteiger partial charge in [-0.1, -0.05) is 0 Å². The van der Waals surface area contributed by atoms with Gasteiger partial charge in [0, 0.05) is 46.7 Å². The van der Waals surface area contributed by atoms with Gasteiger partial charge in [-0.2, -0.15) is 18.3 Å². The zero-order valence-electron chi connectivity index (χ0n) is 16.5. The molecule has 2 aromatic rings. The Hall–Kier alpha value is -2.31. The average Bonchev–Trinajstić information content (AvgIpc) is 2.98. The fourth-order valence-corrected chi connectivity index (χ4v) is 3.88. The van der Waals surface area contributed by atoms with Gasteiger partial charge in [-0.25, -0.2) is 0 Å². The van der Waals surface area contributed by atoms with Gasteiger partial charge in [0.25, 0.3) is 0 Å². The maximum absolute atomic E-state index is 13.0. The van der Waals surface area contributed by atoms with Gasteiger partial charge in [-0.15, -0.1) is 0 Å². The van der Waals surface area contributed by atoms with Crippen LogP contribution in [0.15, 0.2) is 18.2 Å². The molecule has 0 saturated carbocycles. The fourth-order valence-electron chi connectivity index (χ4n) is 3.39. The summed E-state index contributed by atoms with van der Waals surface area (Å²) in [6.07, 6.45) is -3.92. The maximum atomic E-state index is 13.0. The topological polar surface area (TPSA) is 70.5 Å². The molecule has 0 bridgehead atoms. The number of anilines is 2. The lowest BCUT2D eigenvalue weighted by atomic mass is 10.2. The first-order valence-corrected chi connectivity index (χ1v) is 10.3. The van der Waals surface area contributed by atoms with Crippen molar-refractivity contribution in [3.63, 3.8) is 0 Å². The van der Waals surface area contributed by atoms with Crippen LogP contribution in [-0.4, -0.2) is 53.2 Å². The van der Waals surface area contributed by atoms with Crippen LogP contribution in [0.5, 0.6) is 0 Å². The summed E-state index contributed by atoms with van der Waals surface area (Å²) >= 11 is 2.13. The summed E-state index contributed by atoms with van der Waals surface area (Å²) in [5, 5.41) is 6.27. The van der Waals surface area contributed by atoms with Gasteiger partial charge in [0.1, 0.15) is 6.54 Å². The number of nitrogens with zero attached hydrogens (tertiary/aromatic N) is 4. The largest absolute Gasteiger partial charge is 0.435 e. The summed E-state index contributed by atoms with van der Waals surface area (Å²) in [5.41, 5.74) is 1.07. The van der Waals surface area contributed by atoms with Gasteiger partial charge >= 0.3 is 6.18 Å². The van der Waals surface area contributed by atoms with Gasteiger partial charge in [-0.05, 0) is 54.6 Å². The second kappa shape index (κ2) is 8.82. The number of halogens is 4. The van der Waals surface area contributed by atoms with Crippen molar-refractivity contribution in [2.45, 2.75) is 26.6 Å². The van der Waals surface area contributed by atoms with Gasteiger partial charge < -0.3 is 15.1 Å². The third kappa shape index (κ3) is 4.71. The van der Waals surface area contributed by atoms with Gasteiger partial charge in [0.15, 0.2) is 5.69 Å². The molecule has 11 heteroatoms. The highest BCUT2D eigenvalue weighted by Gasteiger charge is 2.37. The van der Waals surface area contributed by atoms with Crippen LogP contribution in [0, 0.1) is 17.4 Å². The van der Waals surface area contributed by atoms with E-state index >= 15 is 0 Å². The number of benzene rings is 1. The summed E-state index contributed by atoms with van der Waals surface area (Å²) in [6, 6.07) is 5.73. The third-order valence-corrected chi connectivity index (χ3v) is 6.16. The first-order chi connectivity index (χ1) is 14.1. The van der Waals surface area contributed by atoms with Crippen molar-refractivity contribution in [2.24, 2.45) is 0 Å². The number of carbonyl (C=O) groups is 2. The third-order valence-electron chi connectivity index (χ3n) is 5.22. The number of alkyl halides is 3. The molecule has 1 aliphatic heterocycles. The van der Waals surface area contributed by atoms with Crippen LogP contribution >= 0.6 is 22.6 Å². The monoisotopic (exact) mass is 535 g/mol. The Labute approximate surface area is 185 Å². The fraction of sp³-hybridized carbons (Fsp3) is 0.421. The molecule has 1 aromatic heterocycles. The number of piperazine rings is 1. The van der Waals surface area contributed by atoms with Crippen LogP contribution < -0.4 is 10.2 Å². The van der Waals surface area contributed by atoms with Crippen molar-refractivity contribution in [3.05, 3.63) is 38.7 Å². The lowest BCUT2D eigenvalue weighted by Gasteiger charge is -2.36. The number of carbonyl (C=O) groups excluding carboxylic acids is 2. The second-order valence-electron chi connectivity index (χ2n) is 7.01. The Balaban J connectivity index is 1.64. The van der Waals surface area contributed by atoms with Crippen LogP contribution in [0.25, 0.3) is 0 Å². The first kappa shape index (κ1) is 22.4. The molecular formula is C19H21F3IN5O2. The Morgan fingerprint density at radius 2 is 1.90 bits per heavy atom. The Morgan fingerprint density at radius 1 is 1.23 bits per heavy atom. The van der Waals surface area contributed by atoms with Crippen molar-refractivity contribution in [1.29, 1.82) is 0 Å². The van der Waals surface area contributed by atoms with E-state index in [4.69, 9.17) is 0 Å². The van der Waals surface area contributed by atoms with Crippen molar-refractivity contribution >= 4 is 46.3 Å². The van der Waals surface area contributed by atoms with Crippen LogP contribution in [0.3, 0.4) is 0 Å². The molecule has 7 nitrogen and oxygen atoms in total. The number of aromatic nitrogens is 2. The molecule has 2 amide bonds. The van der Waals surface area contributed by atoms with E-state index in [9.17, 15) is 22.8 Å². The van der Waals surface area contributed by atoms with E-state index in [0.29, 0.717) is 44.0 Å². The highest BCUT2D eigenvalue weighted by molar-refractivity contribution is 14.1. The molecule has 0 spiro atoms. The van der Waals surface area contributed by atoms with E-state index in [0.717, 1.165) is 13.9 Å². The van der Waals surface area contributed by atoms with E-state index in [2.05, 4.69) is 37.9 Å². The number of nitrogens with one attached hydrogen (secondary N) is 1. The van der Waals surface area contributed by atoms with Crippen molar-refractivity contribution in [2.75, 3.05) is 36.4 Å². The van der Waals surface area contributed by atoms with E-state index in [-0.39, 0.29) is 18.0 Å². The molecule has 1 N–H and O–H groups in total. The van der Waals surface area contributed by atoms with Crippen LogP contribution in [0.4, 0.5) is 24.5 Å². The second-order valence-corrected chi connectivity index (χ2v) is 8.17. The SMILES string of the molecule is Cc1c(C(F)(F)F)nn(CC(=O)N2CCN(c3ccc(I)c(NC=O)c3)CC2)c1C. The van der Waals surface area contributed by atoms with E-state index in [1.807, 2.05) is 18.2 Å². The molecule has 0 aliphatic carbocycles. The highest BCUT2D eigenvalue weighted by atomic mass is 127. The summed E-state index contributed by atoms with van der Waals surface area (Å²) < 4.78 is 41.2. The molecule has 0 unspecified atom stereocenters. The molecule has 0 atom stereocenters. The molecule has 162 valence electrons. The Kier molecular flexibility index (Phi) is 6.58. The minimum atomic E-state index is -4.54. The molecule has 3 rings (SSSR count). The van der Waals surface area contributed by atoms with Gasteiger partial charge in [0.05, 0.1) is 5.69 Å². The van der Waals surface area contributed by atoms with Crippen molar-refractivity contribution in [3.8, 4) is 0 Å². The number of hydrogen-bond donors (Lipinski definition) is 1. The van der Waals surface area contributed by atoms with Crippen molar-refractivity contribution < 1.29 is 22.8 Å². The predicted molar refractivity (Wildman–Crippen MR) is 114 cm³/mol. The number of hydrogen-bond acceptors (Lipinski definition) is 4. The van der Waals surface area contributed by atoms with Gasteiger partial charge in [-0.3, -0.25) is 14.3 Å². The standard InChI is InChI=1S/C19H21F3IN5O2/c1-12-13(2)28(25-18(12)19(20,21)22)10-17(30)27-7-5-26(6-8-27)14-3-4-15(23)16(9-14)24-11-29/h3-4,9,11H,5-8,10H2,1-2H3,(H,24,29). The van der Waals surface area contributed by atoms with Gasteiger partial charge in [0.2, 0.25) is 12.3 Å². The normalized spacial score (nSPS) is 14.7. The lowest BCUT2D eigenvalue weighted by molar-refractivity contribution is -0.142. The van der Waals surface area contributed by atoms with E-state index in [1.54, 1.807) is 4.90 Å². The molecule has 0 radical (unpaired) electrons. The summed E-state index contributed by atoms with van der Waals surface area (Å²) in [7, 11) is 0. The molecule has 1 saturated heterocycles. The molecule has 1 aliphatic rings.